The second kappa shape index (κ2) is 5.91. The highest BCUT2D eigenvalue weighted by molar-refractivity contribution is 5.95. The minimum Gasteiger partial charge on any atom is -0.481 e. The number of hydrogen-bond acceptors (Lipinski definition) is 4. The predicted molar refractivity (Wildman–Crippen MR) is 79.2 cm³/mol. The highest BCUT2D eigenvalue weighted by Gasteiger charge is 2.31. The summed E-state index contributed by atoms with van der Waals surface area (Å²) in [5.41, 5.74) is 0.955. The van der Waals surface area contributed by atoms with E-state index in [2.05, 4.69) is 9.97 Å². The molecule has 0 radical (unpaired) electrons. The van der Waals surface area contributed by atoms with Crippen LogP contribution in [-0.2, 0) is 11.2 Å². The van der Waals surface area contributed by atoms with E-state index < -0.39 is 0 Å². The quantitative estimate of drug-likeness (QED) is 0.862. The number of hydrogen-bond donors (Lipinski definition) is 0. The van der Waals surface area contributed by atoms with Gasteiger partial charge in [-0.3, -0.25) is 4.79 Å². The number of ether oxygens (including phenoxy) is 1. The fourth-order valence-corrected chi connectivity index (χ4v) is 2.63. The highest BCUT2D eigenvalue weighted by atomic mass is 16.5. The van der Waals surface area contributed by atoms with Crippen molar-refractivity contribution in [2.24, 2.45) is 5.92 Å². The van der Waals surface area contributed by atoms with Gasteiger partial charge in [0, 0.05) is 37.3 Å². The summed E-state index contributed by atoms with van der Waals surface area (Å²) in [5, 5.41) is 0. The maximum absolute atomic E-state index is 12.2. The van der Waals surface area contributed by atoms with Crippen LogP contribution in [0.5, 0.6) is 5.88 Å². The lowest BCUT2D eigenvalue weighted by Gasteiger charge is -2.16. The molecule has 0 bridgehead atoms. The molecule has 1 saturated heterocycles. The molecule has 1 fully saturated rings. The monoisotopic (exact) mass is 283 g/mol. The van der Waals surface area contributed by atoms with Crippen LogP contribution >= 0.6 is 0 Å². The van der Waals surface area contributed by atoms with Crippen molar-refractivity contribution >= 4 is 11.6 Å². The number of anilines is 1. The highest BCUT2D eigenvalue weighted by Crippen LogP contribution is 2.26. The molecule has 1 unspecified atom stereocenters. The van der Waals surface area contributed by atoms with Crippen LogP contribution in [0.25, 0.3) is 0 Å². The third kappa shape index (κ3) is 3.02. The van der Waals surface area contributed by atoms with Gasteiger partial charge in [0.2, 0.25) is 11.8 Å². The van der Waals surface area contributed by atoms with Crippen LogP contribution in [0.2, 0.25) is 0 Å². The number of benzene rings is 1. The van der Waals surface area contributed by atoms with E-state index in [4.69, 9.17) is 4.74 Å². The Balaban J connectivity index is 1.70. The first kappa shape index (κ1) is 13.5. The molecule has 1 aliphatic heterocycles. The Labute approximate surface area is 123 Å². The number of carbonyl (C=O) groups excluding carboxylic acids is 1. The fourth-order valence-electron chi connectivity index (χ4n) is 2.63. The lowest BCUT2D eigenvalue weighted by atomic mass is 10.0. The van der Waals surface area contributed by atoms with Crippen LogP contribution in [0, 0.1) is 5.92 Å². The summed E-state index contributed by atoms with van der Waals surface area (Å²) < 4.78 is 5.10. The molecule has 108 valence electrons. The number of para-hydroxylation sites is 1. The van der Waals surface area contributed by atoms with Crippen molar-refractivity contribution in [1.82, 2.24) is 9.97 Å². The summed E-state index contributed by atoms with van der Waals surface area (Å²) in [6.45, 7) is 0.712. The molecule has 5 nitrogen and oxygen atoms in total. The normalized spacial score (nSPS) is 18.0. The SMILES string of the molecule is COc1ccnc(CC2CC(=O)N(c3ccccc3)C2)n1. The number of rotatable bonds is 4. The molecule has 1 aromatic carbocycles. The van der Waals surface area contributed by atoms with E-state index in [1.54, 1.807) is 19.4 Å². The Bertz CT molecular complexity index is 630. The van der Waals surface area contributed by atoms with Crippen LogP contribution < -0.4 is 9.64 Å². The molecule has 1 aromatic heterocycles. The van der Waals surface area contributed by atoms with E-state index >= 15 is 0 Å². The molecule has 0 saturated carbocycles. The molecule has 0 N–H and O–H groups in total. The largest absolute Gasteiger partial charge is 0.481 e. The molecule has 21 heavy (non-hydrogen) atoms. The van der Waals surface area contributed by atoms with E-state index in [0.29, 0.717) is 25.3 Å². The van der Waals surface area contributed by atoms with Gasteiger partial charge in [-0.1, -0.05) is 18.2 Å². The molecule has 1 aliphatic rings. The summed E-state index contributed by atoms with van der Waals surface area (Å²) in [4.78, 5) is 22.6. The van der Waals surface area contributed by atoms with Crippen LogP contribution in [0.15, 0.2) is 42.6 Å². The maximum Gasteiger partial charge on any atom is 0.227 e. The van der Waals surface area contributed by atoms with Gasteiger partial charge in [0.15, 0.2) is 0 Å². The third-order valence-electron chi connectivity index (χ3n) is 3.63. The van der Waals surface area contributed by atoms with Gasteiger partial charge < -0.3 is 9.64 Å². The number of carbonyl (C=O) groups is 1. The summed E-state index contributed by atoms with van der Waals surface area (Å²) >= 11 is 0. The van der Waals surface area contributed by atoms with Crippen LogP contribution in [0.4, 0.5) is 5.69 Å². The lowest BCUT2D eigenvalue weighted by Crippen LogP contribution is -2.24. The Morgan fingerprint density at radius 1 is 1.29 bits per heavy atom. The van der Waals surface area contributed by atoms with E-state index in [1.807, 2.05) is 35.2 Å². The summed E-state index contributed by atoms with van der Waals surface area (Å²) in [7, 11) is 1.59. The van der Waals surface area contributed by atoms with Crippen molar-refractivity contribution in [3.05, 3.63) is 48.4 Å². The van der Waals surface area contributed by atoms with Gasteiger partial charge in [-0.15, -0.1) is 0 Å². The number of methoxy groups -OCH3 is 1. The lowest BCUT2D eigenvalue weighted by molar-refractivity contribution is -0.117. The molecular weight excluding hydrogens is 266 g/mol. The van der Waals surface area contributed by atoms with Gasteiger partial charge in [-0.25, -0.2) is 4.98 Å². The van der Waals surface area contributed by atoms with Crippen molar-refractivity contribution in [2.75, 3.05) is 18.6 Å². The number of amides is 1. The zero-order valence-corrected chi connectivity index (χ0v) is 11.9. The minimum absolute atomic E-state index is 0.161. The first-order chi connectivity index (χ1) is 10.3. The summed E-state index contributed by atoms with van der Waals surface area (Å²) in [6, 6.07) is 11.5. The molecule has 3 rings (SSSR count). The molecule has 2 heterocycles. The molecule has 5 heteroatoms. The molecule has 2 aromatic rings. The Morgan fingerprint density at radius 2 is 2.10 bits per heavy atom. The average molecular weight is 283 g/mol. The zero-order valence-electron chi connectivity index (χ0n) is 11.9. The molecule has 0 aliphatic carbocycles. The molecule has 1 atom stereocenters. The van der Waals surface area contributed by atoms with E-state index in [1.165, 1.54) is 0 Å². The maximum atomic E-state index is 12.2. The predicted octanol–water partition coefficient (Wildman–Crippen LogP) is 2.08. The summed E-state index contributed by atoms with van der Waals surface area (Å²) in [6.07, 6.45) is 2.91. The first-order valence-electron chi connectivity index (χ1n) is 6.97. The van der Waals surface area contributed by atoms with E-state index in [0.717, 1.165) is 11.5 Å². The van der Waals surface area contributed by atoms with Crippen molar-refractivity contribution < 1.29 is 9.53 Å². The number of nitrogens with zero attached hydrogens (tertiary/aromatic N) is 3. The van der Waals surface area contributed by atoms with Gasteiger partial charge in [0.1, 0.15) is 5.82 Å². The Kier molecular flexibility index (Phi) is 3.81. The van der Waals surface area contributed by atoms with Gasteiger partial charge in [-0.2, -0.15) is 4.98 Å². The van der Waals surface area contributed by atoms with Crippen LogP contribution in [-0.4, -0.2) is 29.5 Å². The number of aromatic nitrogens is 2. The topological polar surface area (TPSA) is 55.3 Å². The molecule has 0 spiro atoms. The van der Waals surface area contributed by atoms with Crippen LogP contribution in [0.3, 0.4) is 0 Å². The fraction of sp³-hybridized carbons (Fsp3) is 0.312. The van der Waals surface area contributed by atoms with Gasteiger partial charge in [-0.05, 0) is 18.1 Å². The van der Waals surface area contributed by atoms with E-state index in [-0.39, 0.29) is 11.8 Å². The average Bonchev–Trinajstić information content (AvgIpc) is 2.89. The molecule has 1 amide bonds. The van der Waals surface area contributed by atoms with Crippen molar-refractivity contribution in [1.29, 1.82) is 0 Å². The van der Waals surface area contributed by atoms with Gasteiger partial charge in [0.25, 0.3) is 0 Å². The van der Waals surface area contributed by atoms with E-state index in [9.17, 15) is 4.79 Å². The van der Waals surface area contributed by atoms with Crippen molar-refractivity contribution in [3.8, 4) is 5.88 Å². The summed E-state index contributed by atoms with van der Waals surface area (Å²) in [5.74, 6) is 1.69. The zero-order chi connectivity index (χ0) is 14.7. The Hall–Kier alpha value is -2.43. The third-order valence-corrected chi connectivity index (χ3v) is 3.63. The van der Waals surface area contributed by atoms with Crippen molar-refractivity contribution in [3.63, 3.8) is 0 Å². The Morgan fingerprint density at radius 3 is 2.86 bits per heavy atom. The first-order valence-corrected chi connectivity index (χ1v) is 6.97. The van der Waals surface area contributed by atoms with Gasteiger partial charge >= 0.3 is 0 Å². The molecular formula is C16H17N3O2. The standard InChI is InChI=1S/C16H17N3O2/c1-21-15-7-8-17-14(18-15)9-12-10-16(20)19(11-12)13-5-3-2-4-6-13/h2-8,12H,9-11H2,1H3. The smallest absolute Gasteiger partial charge is 0.227 e. The minimum atomic E-state index is 0.161. The second-order valence-corrected chi connectivity index (χ2v) is 5.13. The second-order valence-electron chi connectivity index (χ2n) is 5.13. The van der Waals surface area contributed by atoms with Crippen molar-refractivity contribution in [2.45, 2.75) is 12.8 Å². The van der Waals surface area contributed by atoms with Crippen LogP contribution in [0.1, 0.15) is 12.2 Å². The van der Waals surface area contributed by atoms with Gasteiger partial charge in [0.05, 0.1) is 7.11 Å².